The van der Waals surface area contributed by atoms with Crippen molar-refractivity contribution in [2.75, 3.05) is 0 Å². The Morgan fingerprint density at radius 2 is 1.75 bits per heavy atom. The average molecular weight is 289 g/mol. The predicted octanol–water partition coefficient (Wildman–Crippen LogP) is 4.07. The molecule has 2 nitrogen and oxygen atoms in total. The maximum atomic E-state index is 10.6. The van der Waals surface area contributed by atoms with E-state index in [9.17, 15) is 5.11 Å². The minimum Gasteiger partial charge on any atom is -0.384 e. The molecule has 1 aliphatic heterocycles. The maximum Gasteiger partial charge on any atom is 0.106 e. The predicted molar refractivity (Wildman–Crippen MR) is 79.9 cm³/mol. The fourth-order valence-corrected chi connectivity index (χ4v) is 2.88. The van der Waals surface area contributed by atoms with E-state index in [1.807, 2.05) is 44.2 Å². The number of halogens is 1. The van der Waals surface area contributed by atoms with Gasteiger partial charge >= 0.3 is 0 Å². The second-order valence-electron chi connectivity index (χ2n) is 5.38. The Labute approximate surface area is 124 Å². The molecule has 0 aromatic heterocycles. The van der Waals surface area contributed by atoms with Gasteiger partial charge in [0.05, 0.1) is 13.2 Å². The molecule has 104 valence electrons. The Kier molecular flexibility index (Phi) is 3.55. The van der Waals surface area contributed by atoms with Crippen LogP contribution in [0.1, 0.15) is 39.5 Å². The molecule has 0 spiro atoms. The summed E-state index contributed by atoms with van der Waals surface area (Å²) >= 11 is 6.28. The van der Waals surface area contributed by atoms with Crippen LogP contribution in [0.2, 0.25) is 5.02 Å². The van der Waals surface area contributed by atoms with Crippen LogP contribution in [0.25, 0.3) is 0 Å². The summed E-state index contributed by atoms with van der Waals surface area (Å²) < 4.78 is 5.41. The van der Waals surface area contributed by atoms with Crippen molar-refractivity contribution in [3.05, 3.63) is 68.7 Å². The van der Waals surface area contributed by atoms with Gasteiger partial charge in [0.2, 0.25) is 0 Å². The van der Waals surface area contributed by atoms with E-state index in [4.69, 9.17) is 16.3 Å². The van der Waals surface area contributed by atoms with Gasteiger partial charge in [0.25, 0.3) is 0 Å². The minimum absolute atomic E-state index is 0.609. The zero-order valence-electron chi connectivity index (χ0n) is 11.6. The smallest absolute Gasteiger partial charge is 0.106 e. The van der Waals surface area contributed by atoms with E-state index in [2.05, 4.69) is 0 Å². The monoisotopic (exact) mass is 288 g/mol. The number of aliphatic hydroxyl groups excluding tert-OH is 1. The number of fused-ring (bicyclic) bond motifs is 1. The highest BCUT2D eigenvalue weighted by molar-refractivity contribution is 6.31. The van der Waals surface area contributed by atoms with Gasteiger partial charge in [-0.3, -0.25) is 0 Å². The molecule has 0 bridgehead atoms. The fourth-order valence-electron chi connectivity index (χ4n) is 2.55. The van der Waals surface area contributed by atoms with Gasteiger partial charge in [-0.1, -0.05) is 35.9 Å². The standard InChI is InChI=1S/C17H17ClO2/c1-10-5-15(16(18)6-11(10)2)17(19)12-3-4-13-8-20-9-14(13)7-12/h3-7,17,19H,8-9H2,1-2H3. The fraction of sp³-hybridized carbons (Fsp3) is 0.294. The minimum atomic E-state index is -0.701. The van der Waals surface area contributed by atoms with Crippen LogP contribution in [0.5, 0.6) is 0 Å². The third kappa shape index (κ3) is 2.35. The van der Waals surface area contributed by atoms with Crippen LogP contribution >= 0.6 is 11.6 Å². The molecule has 3 heteroatoms. The van der Waals surface area contributed by atoms with Crippen LogP contribution < -0.4 is 0 Å². The summed E-state index contributed by atoms with van der Waals surface area (Å²) in [6.45, 7) is 5.33. The largest absolute Gasteiger partial charge is 0.384 e. The van der Waals surface area contributed by atoms with Gasteiger partial charge in [-0.15, -0.1) is 0 Å². The number of ether oxygens (including phenoxy) is 1. The second kappa shape index (κ2) is 5.21. The summed E-state index contributed by atoms with van der Waals surface area (Å²) in [6.07, 6.45) is -0.701. The van der Waals surface area contributed by atoms with Crippen LogP contribution in [-0.4, -0.2) is 5.11 Å². The van der Waals surface area contributed by atoms with E-state index >= 15 is 0 Å². The Hall–Kier alpha value is -1.35. The first-order chi connectivity index (χ1) is 9.56. The maximum absolute atomic E-state index is 10.6. The third-order valence-electron chi connectivity index (χ3n) is 3.97. The van der Waals surface area contributed by atoms with E-state index in [1.165, 1.54) is 5.56 Å². The Morgan fingerprint density at radius 3 is 2.55 bits per heavy atom. The van der Waals surface area contributed by atoms with Crippen molar-refractivity contribution in [2.45, 2.75) is 33.2 Å². The van der Waals surface area contributed by atoms with Crippen molar-refractivity contribution in [3.63, 3.8) is 0 Å². The molecule has 20 heavy (non-hydrogen) atoms. The molecule has 2 aromatic rings. The number of benzene rings is 2. The third-order valence-corrected chi connectivity index (χ3v) is 4.30. The highest BCUT2D eigenvalue weighted by Crippen LogP contribution is 2.32. The zero-order valence-corrected chi connectivity index (χ0v) is 12.4. The van der Waals surface area contributed by atoms with Crippen molar-refractivity contribution in [1.82, 2.24) is 0 Å². The number of hydrogen-bond acceptors (Lipinski definition) is 2. The van der Waals surface area contributed by atoms with Crippen LogP contribution in [0.15, 0.2) is 30.3 Å². The lowest BCUT2D eigenvalue weighted by molar-refractivity contribution is 0.134. The summed E-state index contributed by atoms with van der Waals surface area (Å²) in [7, 11) is 0. The summed E-state index contributed by atoms with van der Waals surface area (Å²) in [6, 6.07) is 9.86. The van der Waals surface area contributed by atoms with E-state index in [0.29, 0.717) is 18.2 Å². The second-order valence-corrected chi connectivity index (χ2v) is 5.79. The van der Waals surface area contributed by atoms with Gasteiger partial charge in [0.15, 0.2) is 0 Å². The number of aliphatic hydroxyl groups is 1. The molecular formula is C17H17ClO2. The summed E-state index contributed by atoms with van der Waals surface area (Å²) in [5.74, 6) is 0. The summed E-state index contributed by atoms with van der Waals surface area (Å²) in [5, 5.41) is 11.2. The van der Waals surface area contributed by atoms with Crippen LogP contribution in [0.4, 0.5) is 0 Å². The zero-order chi connectivity index (χ0) is 14.3. The van der Waals surface area contributed by atoms with E-state index in [-0.39, 0.29) is 0 Å². The SMILES string of the molecule is Cc1cc(Cl)c(C(O)c2ccc3c(c2)COC3)cc1C. The molecule has 1 N–H and O–H groups in total. The molecular weight excluding hydrogens is 272 g/mol. The lowest BCUT2D eigenvalue weighted by atomic mass is 9.95. The molecule has 0 radical (unpaired) electrons. The summed E-state index contributed by atoms with van der Waals surface area (Å²) in [4.78, 5) is 0. The molecule has 0 fully saturated rings. The molecule has 0 saturated carbocycles. The first-order valence-corrected chi connectivity index (χ1v) is 7.08. The van der Waals surface area contributed by atoms with Crippen LogP contribution in [0, 0.1) is 13.8 Å². The Bertz CT molecular complexity index is 664. The Balaban J connectivity index is 2.00. The van der Waals surface area contributed by atoms with Crippen molar-refractivity contribution in [1.29, 1.82) is 0 Å². The van der Waals surface area contributed by atoms with E-state index in [1.54, 1.807) is 0 Å². The highest BCUT2D eigenvalue weighted by Gasteiger charge is 2.18. The molecule has 1 aliphatic rings. The van der Waals surface area contributed by atoms with Crippen molar-refractivity contribution < 1.29 is 9.84 Å². The van der Waals surface area contributed by atoms with Gasteiger partial charge in [-0.05, 0) is 47.7 Å². The number of rotatable bonds is 2. The molecule has 2 aromatic carbocycles. The number of hydrogen-bond donors (Lipinski definition) is 1. The van der Waals surface area contributed by atoms with Gasteiger partial charge in [0, 0.05) is 10.6 Å². The number of aryl methyl sites for hydroxylation is 2. The first kappa shape index (κ1) is 13.6. The van der Waals surface area contributed by atoms with E-state index < -0.39 is 6.10 Å². The van der Waals surface area contributed by atoms with E-state index in [0.717, 1.165) is 27.8 Å². The molecule has 1 atom stereocenters. The quantitative estimate of drug-likeness (QED) is 0.903. The molecule has 0 aliphatic carbocycles. The normalized spacial score (nSPS) is 15.2. The molecule has 3 rings (SSSR count). The lowest BCUT2D eigenvalue weighted by Crippen LogP contribution is -2.03. The van der Waals surface area contributed by atoms with Gasteiger partial charge in [-0.2, -0.15) is 0 Å². The van der Waals surface area contributed by atoms with Crippen molar-refractivity contribution in [2.24, 2.45) is 0 Å². The van der Waals surface area contributed by atoms with Crippen molar-refractivity contribution >= 4 is 11.6 Å². The van der Waals surface area contributed by atoms with Crippen LogP contribution in [0.3, 0.4) is 0 Å². The molecule has 1 unspecified atom stereocenters. The first-order valence-electron chi connectivity index (χ1n) is 6.70. The average Bonchev–Trinajstić information content (AvgIpc) is 2.89. The molecule has 0 amide bonds. The topological polar surface area (TPSA) is 29.5 Å². The van der Waals surface area contributed by atoms with Gasteiger partial charge < -0.3 is 9.84 Å². The summed E-state index contributed by atoms with van der Waals surface area (Å²) in [5.41, 5.74) is 6.24. The Morgan fingerprint density at radius 1 is 1.05 bits per heavy atom. The van der Waals surface area contributed by atoms with Crippen molar-refractivity contribution in [3.8, 4) is 0 Å². The molecule has 1 heterocycles. The molecule has 0 saturated heterocycles. The van der Waals surface area contributed by atoms with Gasteiger partial charge in [0.1, 0.15) is 6.10 Å². The lowest BCUT2D eigenvalue weighted by Gasteiger charge is -2.16. The van der Waals surface area contributed by atoms with Crippen LogP contribution in [-0.2, 0) is 18.0 Å². The van der Waals surface area contributed by atoms with Gasteiger partial charge in [-0.25, -0.2) is 0 Å². The highest BCUT2D eigenvalue weighted by atomic mass is 35.5.